The molecule has 1 rings (SSSR count). The van der Waals surface area contributed by atoms with E-state index in [1.165, 1.54) is 0 Å². The summed E-state index contributed by atoms with van der Waals surface area (Å²) in [6, 6.07) is 1.82. The van der Waals surface area contributed by atoms with Gasteiger partial charge in [0.05, 0.1) is 12.1 Å². The molecule has 1 heterocycles. The molecule has 0 spiro atoms. The molecule has 5 heteroatoms. The Labute approximate surface area is 117 Å². The van der Waals surface area contributed by atoms with Crippen molar-refractivity contribution in [3.05, 3.63) is 22.4 Å². The molecule has 0 bridgehead atoms. The summed E-state index contributed by atoms with van der Waals surface area (Å²) in [5.74, 6) is -0.0757. The first-order valence-electron chi connectivity index (χ1n) is 6.08. The van der Waals surface area contributed by atoms with Crippen LogP contribution in [0.1, 0.15) is 37.7 Å². The second kappa shape index (κ2) is 5.89. The molecule has 0 atom stereocenters. The lowest BCUT2D eigenvalue weighted by Crippen LogP contribution is -2.48. The van der Waals surface area contributed by atoms with Crippen LogP contribution in [0.4, 0.5) is 0 Å². The molecule has 1 aromatic heterocycles. The van der Waals surface area contributed by atoms with Crippen LogP contribution in [-0.2, 0) is 6.54 Å². The number of hydrogen-bond donors (Lipinski definition) is 1. The average molecular weight is 317 g/mol. The largest absolute Gasteiger partial charge is 0.394 e. The monoisotopic (exact) mass is 316 g/mol. The zero-order valence-corrected chi connectivity index (χ0v) is 13.0. The van der Waals surface area contributed by atoms with Crippen LogP contribution >= 0.6 is 15.9 Å². The molecule has 0 aliphatic rings. The van der Waals surface area contributed by atoms with Gasteiger partial charge in [-0.15, -0.1) is 0 Å². The highest BCUT2D eigenvalue weighted by atomic mass is 79.9. The van der Waals surface area contributed by atoms with E-state index in [0.717, 1.165) is 17.4 Å². The van der Waals surface area contributed by atoms with Crippen molar-refractivity contribution in [1.29, 1.82) is 0 Å². The first-order valence-corrected chi connectivity index (χ1v) is 6.87. The summed E-state index contributed by atoms with van der Waals surface area (Å²) in [6.07, 6.45) is 2.88. The number of amides is 1. The quantitative estimate of drug-likeness (QED) is 0.907. The second-order valence-corrected chi connectivity index (χ2v) is 5.99. The zero-order valence-electron chi connectivity index (χ0n) is 11.4. The van der Waals surface area contributed by atoms with Crippen molar-refractivity contribution in [2.24, 2.45) is 0 Å². The Morgan fingerprint density at radius 1 is 1.56 bits per heavy atom. The third kappa shape index (κ3) is 3.14. The van der Waals surface area contributed by atoms with Crippen LogP contribution in [-0.4, -0.2) is 39.7 Å². The van der Waals surface area contributed by atoms with Crippen LogP contribution in [0.15, 0.2) is 16.7 Å². The maximum absolute atomic E-state index is 12.4. The first-order chi connectivity index (χ1) is 8.33. The van der Waals surface area contributed by atoms with Crippen LogP contribution in [0.2, 0.25) is 0 Å². The maximum atomic E-state index is 12.4. The summed E-state index contributed by atoms with van der Waals surface area (Å²) in [5, 5.41) is 9.33. The predicted molar refractivity (Wildman–Crippen MR) is 75.7 cm³/mol. The van der Waals surface area contributed by atoms with Crippen LogP contribution in [0, 0.1) is 0 Å². The fraction of sp³-hybridized carbons (Fsp3) is 0.615. The summed E-state index contributed by atoms with van der Waals surface area (Å²) in [5.41, 5.74) is 0.0815. The highest BCUT2D eigenvalue weighted by molar-refractivity contribution is 9.10. The molecule has 0 aromatic carbocycles. The van der Waals surface area contributed by atoms with Gasteiger partial charge < -0.3 is 14.6 Å². The topological polar surface area (TPSA) is 45.5 Å². The van der Waals surface area contributed by atoms with E-state index in [1.807, 2.05) is 30.7 Å². The van der Waals surface area contributed by atoms with Crippen molar-refractivity contribution >= 4 is 21.8 Å². The van der Waals surface area contributed by atoms with Crippen LogP contribution in [0.25, 0.3) is 0 Å². The van der Waals surface area contributed by atoms with Gasteiger partial charge in [0, 0.05) is 24.3 Å². The number of nitrogens with zero attached hydrogens (tertiary/aromatic N) is 2. The first kappa shape index (κ1) is 15.2. The predicted octanol–water partition coefficient (Wildman–Crippen LogP) is 2.50. The van der Waals surface area contributed by atoms with E-state index in [4.69, 9.17) is 0 Å². The highest BCUT2D eigenvalue weighted by Crippen LogP contribution is 2.20. The summed E-state index contributed by atoms with van der Waals surface area (Å²) in [4.78, 5) is 14.0. The van der Waals surface area contributed by atoms with Crippen LogP contribution < -0.4 is 0 Å². The van der Waals surface area contributed by atoms with Crippen LogP contribution in [0.5, 0.6) is 0 Å². The van der Waals surface area contributed by atoms with Crippen molar-refractivity contribution in [1.82, 2.24) is 9.47 Å². The SMILES string of the molecule is CCCn1cc(Br)cc1C(=O)N(C)C(C)(C)CO. The average Bonchev–Trinajstić information content (AvgIpc) is 2.69. The summed E-state index contributed by atoms with van der Waals surface area (Å²) < 4.78 is 2.84. The third-order valence-corrected chi connectivity index (χ3v) is 3.58. The number of aromatic nitrogens is 1. The van der Waals surface area contributed by atoms with E-state index < -0.39 is 5.54 Å². The number of rotatable bonds is 5. The number of likely N-dealkylation sites (N-methyl/N-ethyl adjacent to an activating group) is 1. The minimum absolute atomic E-state index is 0.0646. The van der Waals surface area contributed by atoms with E-state index in [-0.39, 0.29) is 12.5 Å². The number of aliphatic hydroxyl groups is 1. The van der Waals surface area contributed by atoms with Crippen molar-refractivity contribution in [2.75, 3.05) is 13.7 Å². The maximum Gasteiger partial charge on any atom is 0.270 e. The van der Waals surface area contributed by atoms with E-state index >= 15 is 0 Å². The minimum Gasteiger partial charge on any atom is -0.394 e. The fourth-order valence-corrected chi connectivity index (χ4v) is 2.10. The molecule has 0 aliphatic heterocycles. The van der Waals surface area contributed by atoms with Gasteiger partial charge in [-0.05, 0) is 42.3 Å². The van der Waals surface area contributed by atoms with Gasteiger partial charge in [0.2, 0.25) is 0 Å². The number of aryl methyl sites for hydroxylation is 1. The summed E-state index contributed by atoms with van der Waals surface area (Å²) >= 11 is 3.40. The molecule has 0 saturated carbocycles. The Balaban J connectivity index is 3.03. The van der Waals surface area contributed by atoms with Crippen molar-refractivity contribution in [2.45, 2.75) is 39.3 Å². The van der Waals surface area contributed by atoms with E-state index in [2.05, 4.69) is 22.9 Å². The number of aliphatic hydroxyl groups excluding tert-OH is 1. The van der Waals surface area contributed by atoms with E-state index in [0.29, 0.717) is 5.69 Å². The molecule has 102 valence electrons. The standard InChI is InChI=1S/C13H21BrN2O2/c1-5-6-16-8-10(14)7-11(16)12(18)15(4)13(2,3)9-17/h7-8,17H,5-6,9H2,1-4H3. The fourth-order valence-electron chi connectivity index (χ4n) is 1.63. The molecule has 1 N–H and O–H groups in total. The summed E-state index contributed by atoms with van der Waals surface area (Å²) in [7, 11) is 1.72. The number of halogens is 1. The molecule has 0 radical (unpaired) electrons. The van der Waals surface area contributed by atoms with Gasteiger partial charge in [-0.2, -0.15) is 0 Å². The molecule has 1 amide bonds. The number of hydrogen-bond acceptors (Lipinski definition) is 2. The molecule has 0 saturated heterocycles. The highest BCUT2D eigenvalue weighted by Gasteiger charge is 2.29. The molecule has 0 unspecified atom stereocenters. The van der Waals surface area contributed by atoms with Gasteiger partial charge in [-0.1, -0.05) is 6.92 Å². The molecule has 1 aromatic rings. The van der Waals surface area contributed by atoms with Gasteiger partial charge in [-0.3, -0.25) is 4.79 Å². The van der Waals surface area contributed by atoms with Gasteiger partial charge in [0.1, 0.15) is 5.69 Å². The zero-order chi connectivity index (χ0) is 13.9. The minimum atomic E-state index is -0.565. The lowest BCUT2D eigenvalue weighted by atomic mass is 10.0. The number of carbonyl (C=O) groups is 1. The van der Waals surface area contributed by atoms with Gasteiger partial charge in [0.15, 0.2) is 0 Å². The lowest BCUT2D eigenvalue weighted by Gasteiger charge is -2.34. The normalized spacial score (nSPS) is 11.7. The number of carbonyl (C=O) groups excluding carboxylic acids is 1. The Kier molecular flexibility index (Phi) is 4.99. The van der Waals surface area contributed by atoms with Crippen molar-refractivity contribution in [3.8, 4) is 0 Å². The Hall–Kier alpha value is -0.810. The van der Waals surface area contributed by atoms with Gasteiger partial charge in [-0.25, -0.2) is 0 Å². The molecule has 0 fully saturated rings. The summed E-state index contributed by atoms with van der Waals surface area (Å²) in [6.45, 7) is 6.49. The molecule has 18 heavy (non-hydrogen) atoms. The molecule has 0 aliphatic carbocycles. The third-order valence-electron chi connectivity index (χ3n) is 3.15. The van der Waals surface area contributed by atoms with Gasteiger partial charge in [0.25, 0.3) is 5.91 Å². The second-order valence-electron chi connectivity index (χ2n) is 5.07. The van der Waals surface area contributed by atoms with E-state index in [1.54, 1.807) is 11.9 Å². The Bertz CT molecular complexity index is 427. The lowest BCUT2D eigenvalue weighted by molar-refractivity contribution is 0.0463. The Morgan fingerprint density at radius 2 is 2.17 bits per heavy atom. The molecule has 4 nitrogen and oxygen atoms in total. The molecular formula is C13H21BrN2O2. The van der Waals surface area contributed by atoms with Crippen molar-refractivity contribution < 1.29 is 9.90 Å². The smallest absolute Gasteiger partial charge is 0.270 e. The van der Waals surface area contributed by atoms with Gasteiger partial charge >= 0.3 is 0 Å². The Morgan fingerprint density at radius 3 is 2.67 bits per heavy atom. The molecular weight excluding hydrogens is 296 g/mol. The van der Waals surface area contributed by atoms with Crippen LogP contribution in [0.3, 0.4) is 0 Å². The van der Waals surface area contributed by atoms with Crippen molar-refractivity contribution in [3.63, 3.8) is 0 Å². The van der Waals surface area contributed by atoms with E-state index in [9.17, 15) is 9.90 Å².